The molecule has 0 aliphatic carbocycles. The molecule has 2 nitrogen and oxygen atoms in total. The fraction of sp³-hybridized carbons (Fsp3) is 0.133. The second-order valence-corrected chi connectivity index (χ2v) is 4.57. The van der Waals surface area contributed by atoms with Gasteiger partial charge < -0.3 is 4.74 Å². The zero-order valence-corrected chi connectivity index (χ0v) is 11.3. The first-order valence-electron chi connectivity index (χ1n) is 5.67. The van der Waals surface area contributed by atoms with Crippen LogP contribution in [0.4, 0.5) is 4.39 Å². The van der Waals surface area contributed by atoms with Crippen molar-refractivity contribution in [1.29, 1.82) is 0 Å². The molecule has 0 saturated carbocycles. The Labute approximate surface area is 115 Å². The van der Waals surface area contributed by atoms with Crippen molar-refractivity contribution < 1.29 is 13.9 Å². The van der Waals surface area contributed by atoms with E-state index >= 15 is 0 Å². The summed E-state index contributed by atoms with van der Waals surface area (Å²) in [6.45, 7) is 1.77. The number of benzene rings is 2. The van der Waals surface area contributed by atoms with E-state index < -0.39 is 11.6 Å². The molecule has 0 aromatic heterocycles. The van der Waals surface area contributed by atoms with Crippen molar-refractivity contribution in [1.82, 2.24) is 0 Å². The molecule has 0 amide bonds. The largest absolute Gasteiger partial charge is 0.495 e. The van der Waals surface area contributed by atoms with Gasteiger partial charge in [0.1, 0.15) is 11.6 Å². The average Bonchev–Trinajstić information content (AvgIpc) is 2.38. The van der Waals surface area contributed by atoms with Crippen molar-refractivity contribution in [2.75, 3.05) is 7.11 Å². The van der Waals surface area contributed by atoms with Crippen LogP contribution >= 0.6 is 11.6 Å². The molecule has 0 aliphatic rings. The molecule has 2 aromatic rings. The van der Waals surface area contributed by atoms with Crippen molar-refractivity contribution in [3.63, 3.8) is 0 Å². The normalized spacial score (nSPS) is 10.3. The van der Waals surface area contributed by atoms with Crippen LogP contribution in [0.15, 0.2) is 36.4 Å². The van der Waals surface area contributed by atoms with Crippen molar-refractivity contribution in [3.05, 3.63) is 63.9 Å². The minimum absolute atomic E-state index is 0.0370. The van der Waals surface area contributed by atoms with Gasteiger partial charge in [-0.25, -0.2) is 4.39 Å². The molecule has 98 valence electrons. The van der Waals surface area contributed by atoms with Gasteiger partial charge in [0, 0.05) is 5.56 Å². The molecule has 0 saturated heterocycles. The molecule has 0 heterocycles. The van der Waals surface area contributed by atoms with Gasteiger partial charge in [-0.15, -0.1) is 0 Å². The Hall–Kier alpha value is -1.87. The summed E-state index contributed by atoms with van der Waals surface area (Å²) in [7, 11) is 1.46. The van der Waals surface area contributed by atoms with E-state index in [1.807, 2.05) is 0 Å². The molecule has 0 bridgehead atoms. The molecule has 0 radical (unpaired) electrons. The molecule has 2 aromatic carbocycles. The highest BCUT2D eigenvalue weighted by molar-refractivity contribution is 6.32. The second kappa shape index (κ2) is 5.41. The van der Waals surface area contributed by atoms with Crippen LogP contribution in [-0.4, -0.2) is 12.9 Å². The highest BCUT2D eigenvalue weighted by Crippen LogP contribution is 2.26. The lowest BCUT2D eigenvalue weighted by Crippen LogP contribution is -2.05. The third-order valence-electron chi connectivity index (χ3n) is 2.78. The Morgan fingerprint density at radius 1 is 1.21 bits per heavy atom. The Morgan fingerprint density at radius 2 is 1.95 bits per heavy atom. The minimum atomic E-state index is -0.529. The van der Waals surface area contributed by atoms with Gasteiger partial charge in [-0.1, -0.05) is 17.7 Å². The molecule has 19 heavy (non-hydrogen) atoms. The van der Waals surface area contributed by atoms with Crippen LogP contribution in [0.2, 0.25) is 5.02 Å². The van der Waals surface area contributed by atoms with Gasteiger partial charge in [0.15, 0.2) is 5.78 Å². The number of aryl methyl sites for hydroxylation is 1. The van der Waals surface area contributed by atoms with Crippen molar-refractivity contribution in [2.24, 2.45) is 0 Å². The van der Waals surface area contributed by atoms with E-state index in [1.54, 1.807) is 25.1 Å². The Balaban J connectivity index is 2.44. The van der Waals surface area contributed by atoms with Gasteiger partial charge in [-0.2, -0.15) is 0 Å². The number of hydrogen-bond donors (Lipinski definition) is 0. The third kappa shape index (κ3) is 2.76. The second-order valence-electron chi connectivity index (χ2n) is 4.16. The van der Waals surface area contributed by atoms with Gasteiger partial charge in [0.2, 0.25) is 0 Å². The maximum absolute atomic E-state index is 13.8. The maximum atomic E-state index is 13.8. The number of halogens is 2. The van der Waals surface area contributed by atoms with Crippen LogP contribution in [0.25, 0.3) is 0 Å². The summed E-state index contributed by atoms with van der Waals surface area (Å²) in [5.74, 6) is -0.536. The molecule has 0 fully saturated rings. The number of carbonyl (C=O) groups excluding carboxylic acids is 1. The first-order chi connectivity index (χ1) is 9.02. The number of rotatable bonds is 3. The fourth-order valence-corrected chi connectivity index (χ4v) is 1.96. The smallest absolute Gasteiger partial charge is 0.196 e. The van der Waals surface area contributed by atoms with Gasteiger partial charge in [-0.3, -0.25) is 4.79 Å². The van der Waals surface area contributed by atoms with E-state index in [0.29, 0.717) is 16.3 Å². The summed E-state index contributed by atoms with van der Waals surface area (Å²) in [4.78, 5) is 12.2. The van der Waals surface area contributed by atoms with E-state index in [-0.39, 0.29) is 5.56 Å². The fourth-order valence-electron chi connectivity index (χ4n) is 1.76. The lowest BCUT2D eigenvalue weighted by Gasteiger charge is -2.07. The molecule has 0 aliphatic heterocycles. The third-order valence-corrected chi connectivity index (χ3v) is 3.09. The Bertz CT molecular complexity index is 638. The van der Waals surface area contributed by atoms with Crippen molar-refractivity contribution in [3.8, 4) is 5.75 Å². The molecule has 2 rings (SSSR count). The number of hydrogen-bond acceptors (Lipinski definition) is 2. The van der Waals surface area contributed by atoms with Crippen molar-refractivity contribution in [2.45, 2.75) is 6.92 Å². The summed E-state index contributed by atoms with van der Waals surface area (Å²) < 4.78 is 18.8. The van der Waals surface area contributed by atoms with Crippen molar-refractivity contribution >= 4 is 17.4 Å². The molecular weight excluding hydrogens is 267 g/mol. The summed E-state index contributed by atoms with van der Waals surface area (Å²) in [5, 5.41) is 0.406. The monoisotopic (exact) mass is 278 g/mol. The van der Waals surface area contributed by atoms with E-state index in [2.05, 4.69) is 0 Å². The Kier molecular flexibility index (Phi) is 3.86. The van der Waals surface area contributed by atoms with E-state index in [1.165, 1.54) is 25.3 Å². The SMILES string of the molecule is COc1cc(C(=O)c2ccc(C)cc2F)ccc1Cl. The molecule has 4 heteroatoms. The average molecular weight is 279 g/mol. The summed E-state index contributed by atoms with van der Waals surface area (Å²) in [5.41, 5.74) is 1.14. The van der Waals surface area contributed by atoms with E-state index in [4.69, 9.17) is 16.3 Å². The van der Waals surface area contributed by atoms with Crippen LogP contribution in [0.1, 0.15) is 21.5 Å². The molecule has 0 N–H and O–H groups in total. The number of carbonyl (C=O) groups is 1. The molecule has 0 atom stereocenters. The number of ether oxygens (including phenoxy) is 1. The first kappa shape index (κ1) is 13.6. The van der Waals surface area contributed by atoms with Crippen LogP contribution in [0.5, 0.6) is 5.75 Å². The van der Waals surface area contributed by atoms with Crippen LogP contribution in [-0.2, 0) is 0 Å². The zero-order chi connectivity index (χ0) is 14.0. The van der Waals surface area contributed by atoms with Gasteiger partial charge >= 0.3 is 0 Å². The van der Waals surface area contributed by atoms with E-state index in [0.717, 1.165) is 5.56 Å². The van der Waals surface area contributed by atoms with Gasteiger partial charge in [-0.05, 0) is 42.8 Å². The van der Waals surface area contributed by atoms with Gasteiger partial charge in [0.05, 0.1) is 17.7 Å². The topological polar surface area (TPSA) is 26.3 Å². The quantitative estimate of drug-likeness (QED) is 0.793. The highest BCUT2D eigenvalue weighted by Gasteiger charge is 2.15. The molecule has 0 unspecified atom stereocenters. The predicted octanol–water partition coefficient (Wildman–Crippen LogP) is 4.03. The summed E-state index contributed by atoms with van der Waals surface area (Å²) >= 11 is 5.89. The minimum Gasteiger partial charge on any atom is -0.495 e. The van der Waals surface area contributed by atoms with Crippen LogP contribution < -0.4 is 4.74 Å². The zero-order valence-electron chi connectivity index (χ0n) is 10.5. The van der Waals surface area contributed by atoms with Gasteiger partial charge in [0.25, 0.3) is 0 Å². The standard InChI is InChI=1S/C15H12ClFO2/c1-9-3-5-11(13(17)7-9)15(18)10-4-6-12(16)14(8-10)19-2/h3-8H,1-2H3. The maximum Gasteiger partial charge on any atom is 0.196 e. The first-order valence-corrected chi connectivity index (χ1v) is 6.05. The summed E-state index contributed by atoms with van der Waals surface area (Å²) in [6, 6.07) is 9.12. The number of methoxy groups -OCH3 is 1. The highest BCUT2D eigenvalue weighted by atomic mass is 35.5. The molecular formula is C15H12ClFO2. The Morgan fingerprint density at radius 3 is 2.58 bits per heavy atom. The predicted molar refractivity (Wildman–Crippen MR) is 72.6 cm³/mol. The summed E-state index contributed by atoms with van der Waals surface area (Å²) in [6.07, 6.45) is 0. The van der Waals surface area contributed by atoms with Crippen LogP contribution in [0, 0.1) is 12.7 Å². The van der Waals surface area contributed by atoms with Crippen LogP contribution in [0.3, 0.4) is 0 Å². The van der Waals surface area contributed by atoms with E-state index in [9.17, 15) is 9.18 Å². The lowest BCUT2D eigenvalue weighted by molar-refractivity contribution is 0.103. The number of ketones is 1. The molecule has 0 spiro atoms. The lowest BCUT2D eigenvalue weighted by atomic mass is 10.0.